The highest BCUT2D eigenvalue weighted by molar-refractivity contribution is 6.32. The van der Waals surface area contributed by atoms with Gasteiger partial charge in [0.2, 0.25) is 5.91 Å². The zero-order valence-corrected chi connectivity index (χ0v) is 13.4. The topological polar surface area (TPSA) is 46.6 Å². The summed E-state index contributed by atoms with van der Waals surface area (Å²) in [7, 11) is 0. The lowest BCUT2D eigenvalue weighted by Crippen LogP contribution is -2.27. The Bertz CT molecular complexity index is 742. The molecule has 1 aliphatic heterocycles. The van der Waals surface area contributed by atoms with E-state index < -0.39 is 11.9 Å². The number of ether oxygens (including phenoxy) is 1. The maximum Gasteiger partial charge on any atom is 0.316 e. The van der Waals surface area contributed by atoms with Gasteiger partial charge in [0.25, 0.3) is 0 Å². The molecule has 0 saturated carbocycles. The van der Waals surface area contributed by atoms with Crippen LogP contribution in [0, 0.1) is 12.8 Å². The van der Waals surface area contributed by atoms with Crippen LogP contribution in [0.4, 0.5) is 5.69 Å². The Kier molecular flexibility index (Phi) is 4.35. The quantitative estimate of drug-likeness (QED) is 0.638. The van der Waals surface area contributed by atoms with Crippen molar-refractivity contribution in [2.75, 3.05) is 11.4 Å². The largest absolute Gasteiger partial charge is 0.425 e. The van der Waals surface area contributed by atoms with Crippen LogP contribution < -0.4 is 9.64 Å². The average Bonchev–Trinajstić information content (AvgIpc) is 2.92. The third-order valence-corrected chi connectivity index (χ3v) is 4.16. The Morgan fingerprint density at radius 3 is 2.57 bits per heavy atom. The number of aryl methyl sites for hydroxylation is 1. The van der Waals surface area contributed by atoms with Crippen LogP contribution in [0.3, 0.4) is 0 Å². The number of benzene rings is 2. The number of para-hydroxylation sites is 1. The third kappa shape index (κ3) is 3.37. The lowest BCUT2D eigenvalue weighted by molar-refractivity contribution is -0.139. The van der Waals surface area contributed by atoms with Gasteiger partial charge in [0.1, 0.15) is 5.75 Å². The Hall–Kier alpha value is -2.33. The minimum absolute atomic E-state index is 0.0741. The van der Waals surface area contributed by atoms with Crippen molar-refractivity contribution in [2.24, 2.45) is 5.92 Å². The van der Waals surface area contributed by atoms with Crippen molar-refractivity contribution in [3.63, 3.8) is 0 Å². The molecule has 1 heterocycles. The third-order valence-electron chi connectivity index (χ3n) is 3.85. The number of hydrogen-bond donors (Lipinski definition) is 0. The maximum atomic E-state index is 12.3. The fourth-order valence-electron chi connectivity index (χ4n) is 2.56. The molecule has 0 bridgehead atoms. The molecule has 5 heteroatoms. The highest BCUT2D eigenvalue weighted by atomic mass is 35.5. The molecule has 0 aliphatic carbocycles. The first-order valence-electron chi connectivity index (χ1n) is 7.38. The molecule has 0 N–H and O–H groups in total. The maximum absolute atomic E-state index is 12.3. The summed E-state index contributed by atoms with van der Waals surface area (Å²) in [6.45, 7) is 2.31. The standard InChI is InChI=1S/C18H16ClNO3/c1-12-6-8-14(9-7-12)20-11-13(10-17(20)21)18(22)23-16-5-3-2-4-15(16)19/h2-9,13H,10-11H2,1H3/t13-/m1/s1. The molecule has 3 rings (SSSR count). The zero-order chi connectivity index (χ0) is 16.4. The van der Waals surface area contributed by atoms with E-state index in [2.05, 4.69) is 0 Å². The summed E-state index contributed by atoms with van der Waals surface area (Å²) in [5.41, 5.74) is 1.92. The second-order valence-corrected chi connectivity index (χ2v) is 6.00. The van der Waals surface area contributed by atoms with Gasteiger partial charge in [-0.15, -0.1) is 0 Å². The van der Waals surface area contributed by atoms with Gasteiger partial charge < -0.3 is 9.64 Å². The fraction of sp³-hybridized carbons (Fsp3) is 0.222. The molecule has 1 aliphatic rings. The van der Waals surface area contributed by atoms with E-state index in [1.807, 2.05) is 31.2 Å². The molecule has 1 saturated heterocycles. The van der Waals surface area contributed by atoms with Gasteiger partial charge in [-0.05, 0) is 31.2 Å². The van der Waals surface area contributed by atoms with Crippen molar-refractivity contribution in [3.8, 4) is 5.75 Å². The van der Waals surface area contributed by atoms with Crippen LogP contribution in [-0.2, 0) is 9.59 Å². The number of amides is 1. The van der Waals surface area contributed by atoms with Gasteiger partial charge in [-0.25, -0.2) is 0 Å². The average molecular weight is 330 g/mol. The van der Waals surface area contributed by atoms with Gasteiger partial charge in [0.05, 0.1) is 10.9 Å². The highest BCUT2D eigenvalue weighted by Gasteiger charge is 2.36. The van der Waals surface area contributed by atoms with Crippen LogP contribution in [-0.4, -0.2) is 18.4 Å². The molecule has 0 aromatic heterocycles. The number of esters is 1. The lowest BCUT2D eigenvalue weighted by Gasteiger charge is -2.16. The minimum Gasteiger partial charge on any atom is -0.425 e. The van der Waals surface area contributed by atoms with E-state index in [0.29, 0.717) is 17.3 Å². The Balaban J connectivity index is 1.71. The van der Waals surface area contributed by atoms with E-state index in [-0.39, 0.29) is 12.3 Å². The van der Waals surface area contributed by atoms with E-state index in [1.54, 1.807) is 29.2 Å². The molecule has 0 unspecified atom stereocenters. The summed E-state index contributed by atoms with van der Waals surface area (Å²) in [5.74, 6) is -0.670. The number of rotatable bonds is 3. The fourth-order valence-corrected chi connectivity index (χ4v) is 2.73. The number of hydrogen-bond acceptors (Lipinski definition) is 3. The van der Waals surface area contributed by atoms with Crippen molar-refractivity contribution in [3.05, 3.63) is 59.1 Å². The molecular formula is C18H16ClNO3. The smallest absolute Gasteiger partial charge is 0.316 e. The summed E-state index contributed by atoms with van der Waals surface area (Å²) >= 11 is 5.99. The zero-order valence-electron chi connectivity index (χ0n) is 12.7. The van der Waals surface area contributed by atoms with E-state index in [4.69, 9.17) is 16.3 Å². The molecule has 1 fully saturated rings. The van der Waals surface area contributed by atoms with Crippen molar-refractivity contribution in [2.45, 2.75) is 13.3 Å². The van der Waals surface area contributed by atoms with Crippen molar-refractivity contribution >= 4 is 29.2 Å². The normalized spacial score (nSPS) is 17.4. The first kappa shape index (κ1) is 15.6. The second-order valence-electron chi connectivity index (χ2n) is 5.59. The number of carbonyl (C=O) groups excluding carboxylic acids is 2. The SMILES string of the molecule is Cc1ccc(N2C[C@H](C(=O)Oc3ccccc3Cl)CC2=O)cc1. The summed E-state index contributed by atoms with van der Waals surface area (Å²) < 4.78 is 5.33. The first-order chi connectivity index (χ1) is 11.0. The van der Waals surface area contributed by atoms with E-state index >= 15 is 0 Å². The van der Waals surface area contributed by atoms with Crippen LogP contribution in [0.25, 0.3) is 0 Å². The molecule has 0 radical (unpaired) electrons. The molecule has 1 amide bonds. The highest BCUT2D eigenvalue weighted by Crippen LogP contribution is 2.28. The predicted octanol–water partition coefficient (Wildman–Crippen LogP) is 3.61. The van der Waals surface area contributed by atoms with Crippen LogP contribution in [0.5, 0.6) is 5.75 Å². The first-order valence-corrected chi connectivity index (χ1v) is 7.75. The van der Waals surface area contributed by atoms with Crippen molar-refractivity contribution < 1.29 is 14.3 Å². The minimum atomic E-state index is -0.486. The predicted molar refractivity (Wildman–Crippen MR) is 88.7 cm³/mol. The van der Waals surface area contributed by atoms with Gasteiger partial charge >= 0.3 is 5.97 Å². The number of anilines is 1. The van der Waals surface area contributed by atoms with Gasteiger partial charge in [0, 0.05) is 18.7 Å². The van der Waals surface area contributed by atoms with Crippen molar-refractivity contribution in [1.82, 2.24) is 0 Å². The van der Waals surface area contributed by atoms with E-state index in [1.165, 1.54) is 0 Å². The van der Waals surface area contributed by atoms with Crippen LogP contribution in [0.1, 0.15) is 12.0 Å². The van der Waals surface area contributed by atoms with Gasteiger partial charge in [0.15, 0.2) is 0 Å². The van der Waals surface area contributed by atoms with Gasteiger partial charge in [-0.2, -0.15) is 0 Å². The monoisotopic (exact) mass is 329 g/mol. The summed E-state index contributed by atoms with van der Waals surface area (Å²) in [5, 5.41) is 0.376. The number of nitrogens with zero attached hydrogens (tertiary/aromatic N) is 1. The van der Waals surface area contributed by atoms with Crippen LogP contribution >= 0.6 is 11.6 Å². The second kappa shape index (κ2) is 6.42. The van der Waals surface area contributed by atoms with Gasteiger partial charge in [-0.3, -0.25) is 9.59 Å². The molecule has 1 atom stereocenters. The summed E-state index contributed by atoms with van der Waals surface area (Å²) in [6.07, 6.45) is 0.150. The van der Waals surface area contributed by atoms with E-state index in [0.717, 1.165) is 11.3 Å². The molecule has 2 aromatic rings. The molecular weight excluding hydrogens is 314 g/mol. The molecule has 0 spiro atoms. The van der Waals surface area contributed by atoms with Crippen molar-refractivity contribution in [1.29, 1.82) is 0 Å². The molecule has 118 valence electrons. The Morgan fingerprint density at radius 1 is 1.17 bits per heavy atom. The van der Waals surface area contributed by atoms with Crippen LogP contribution in [0.15, 0.2) is 48.5 Å². The van der Waals surface area contributed by atoms with Crippen LogP contribution in [0.2, 0.25) is 5.02 Å². The van der Waals surface area contributed by atoms with E-state index in [9.17, 15) is 9.59 Å². The summed E-state index contributed by atoms with van der Waals surface area (Å²) in [4.78, 5) is 26.1. The number of halogens is 1. The molecule has 2 aromatic carbocycles. The Labute approximate surface area is 139 Å². The van der Waals surface area contributed by atoms with Gasteiger partial charge in [-0.1, -0.05) is 41.4 Å². The summed E-state index contributed by atoms with van der Waals surface area (Å²) in [6, 6.07) is 14.4. The number of carbonyl (C=O) groups is 2. The molecule has 23 heavy (non-hydrogen) atoms. The molecule has 4 nitrogen and oxygen atoms in total. The Morgan fingerprint density at radius 2 is 1.87 bits per heavy atom. The lowest BCUT2D eigenvalue weighted by atomic mass is 10.1.